The number of rotatable bonds is 4. The average Bonchev–Trinajstić information content (AvgIpc) is 2.38. The molecule has 0 saturated carbocycles. The maximum absolute atomic E-state index is 5.84. The van der Waals surface area contributed by atoms with Crippen molar-refractivity contribution in [2.45, 2.75) is 13.5 Å². The Morgan fingerprint density at radius 2 is 2.00 bits per heavy atom. The van der Waals surface area contributed by atoms with E-state index in [0.717, 1.165) is 27.8 Å². The molecule has 0 bridgehead atoms. The van der Waals surface area contributed by atoms with Gasteiger partial charge < -0.3 is 10.6 Å². The number of halogens is 1. The third-order valence-electron chi connectivity index (χ3n) is 3.14. The van der Waals surface area contributed by atoms with E-state index in [0.29, 0.717) is 4.99 Å². The predicted molar refractivity (Wildman–Crippen MR) is 93.3 cm³/mol. The summed E-state index contributed by atoms with van der Waals surface area (Å²) in [5, 5.41) is 0. The molecule has 0 aliphatic carbocycles. The van der Waals surface area contributed by atoms with Crippen LogP contribution in [0.5, 0.6) is 0 Å². The van der Waals surface area contributed by atoms with Gasteiger partial charge >= 0.3 is 0 Å². The summed E-state index contributed by atoms with van der Waals surface area (Å²) >= 11 is 8.65. The molecule has 0 aliphatic rings. The minimum absolute atomic E-state index is 0.435. The lowest BCUT2D eigenvalue weighted by atomic mass is 10.1. The highest BCUT2D eigenvalue weighted by atomic mass is 79.9. The standard InChI is InChI=1S/C16H17BrN2S/c1-11-6-7-15(14(8-11)16(18)20)19(2)10-12-4-3-5-13(17)9-12/h3-9H,10H2,1-2H3,(H2,18,20). The van der Waals surface area contributed by atoms with Crippen molar-refractivity contribution in [3.63, 3.8) is 0 Å². The van der Waals surface area contributed by atoms with Crippen LogP contribution in [0.4, 0.5) is 5.69 Å². The first-order valence-electron chi connectivity index (χ1n) is 6.33. The van der Waals surface area contributed by atoms with Gasteiger partial charge in [0.2, 0.25) is 0 Å². The van der Waals surface area contributed by atoms with Crippen LogP contribution in [-0.2, 0) is 6.54 Å². The molecule has 2 N–H and O–H groups in total. The van der Waals surface area contributed by atoms with Crippen molar-refractivity contribution in [3.05, 3.63) is 63.6 Å². The molecular weight excluding hydrogens is 332 g/mol. The monoisotopic (exact) mass is 348 g/mol. The van der Waals surface area contributed by atoms with E-state index in [4.69, 9.17) is 18.0 Å². The molecule has 2 nitrogen and oxygen atoms in total. The maximum atomic E-state index is 5.84. The smallest absolute Gasteiger partial charge is 0.106 e. The second-order valence-electron chi connectivity index (χ2n) is 4.87. The molecule has 4 heteroatoms. The summed E-state index contributed by atoms with van der Waals surface area (Å²) in [4.78, 5) is 2.60. The summed E-state index contributed by atoms with van der Waals surface area (Å²) in [6.45, 7) is 2.85. The zero-order chi connectivity index (χ0) is 14.7. The number of anilines is 1. The van der Waals surface area contributed by atoms with Crippen LogP contribution in [-0.4, -0.2) is 12.0 Å². The molecule has 20 heavy (non-hydrogen) atoms. The summed E-state index contributed by atoms with van der Waals surface area (Å²) in [7, 11) is 2.05. The fourth-order valence-corrected chi connectivity index (χ4v) is 2.78. The van der Waals surface area contributed by atoms with E-state index in [2.05, 4.69) is 45.1 Å². The highest BCUT2D eigenvalue weighted by molar-refractivity contribution is 9.10. The second kappa shape index (κ2) is 6.37. The lowest BCUT2D eigenvalue weighted by Crippen LogP contribution is -2.21. The first-order valence-corrected chi connectivity index (χ1v) is 7.53. The van der Waals surface area contributed by atoms with Crippen molar-refractivity contribution in [2.24, 2.45) is 5.73 Å². The largest absolute Gasteiger partial charge is 0.389 e. The van der Waals surface area contributed by atoms with Gasteiger partial charge in [-0.2, -0.15) is 0 Å². The lowest BCUT2D eigenvalue weighted by Gasteiger charge is -2.23. The van der Waals surface area contributed by atoms with Crippen molar-refractivity contribution >= 4 is 38.8 Å². The SMILES string of the molecule is Cc1ccc(N(C)Cc2cccc(Br)c2)c(C(N)=S)c1. The lowest BCUT2D eigenvalue weighted by molar-refractivity contribution is 0.920. The summed E-state index contributed by atoms with van der Waals surface area (Å²) in [5.41, 5.74) is 10.2. The second-order valence-corrected chi connectivity index (χ2v) is 6.23. The third-order valence-corrected chi connectivity index (χ3v) is 3.85. The van der Waals surface area contributed by atoms with Crippen molar-refractivity contribution in [1.82, 2.24) is 0 Å². The molecule has 0 spiro atoms. The van der Waals surface area contributed by atoms with Gasteiger partial charge in [0.05, 0.1) is 0 Å². The molecule has 2 rings (SSSR count). The van der Waals surface area contributed by atoms with E-state index in [1.165, 1.54) is 5.56 Å². The van der Waals surface area contributed by atoms with Gasteiger partial charge in [0, 0.05) is 29.3 Å². The zero-order valence-electron chi connectivity index (χ0n) is 11.6. The number of hydrogen-bond donors (Lipinski definition) is 1. The molecule has 0 radical (unpaired) electrons. The number of thiocarbonyl (C=S) groups is 1. The van der Waals surface area contributed by atoms with E-state index >= 15 is 0 Å². The molecule has 0 heterocycles. The van der Waals surface area contributed by atoms with Crippen molar-refractivity contribution in [2.75, 3.05) is 11.9 Å². The van der Waals surface area contributed by atoms with Gasteiger partial charge in [0.15, 0.2) is 0 Å². The number of nitrogens with zero attached hydrogens (tertiary/aromatic N) is 1. The Morgan fingerprint density at radius 3 is 2.65 bits per heavy atom. The van der Waals surface area contributed by atoms with Gasteiger partial charge in [0.25, 0.3) is 0 Å². The number of hydrogen-bond acceptors (Lipinski definition) is 2. The molecule has 0 fully saturated rings. The molecule has 2 aromatic rings. The van der Waals surface area contributed by atoms with Crippen molar-refractivity contribution in [1.29, 1.82) is 0 Å². The molecule has 0 unspecified atom stereocenters. The highest BCUT2D eigenvalue weighted by Gasteiger charge is 2.10. The summed E-state index contributed by atoms with van der Waals surface area (Å²) in [6, 6.07) is 14.5. The third kappa shape index (κ3) is 3.58. The number of nitrogens with two attached hydrogens (primary N) is 1. The van der Waals surface area contributed by atoms with Crippen LogP contribution >= 0.6 is 28.1 Å². The van der Waals surface area contributed by atoms with Crippen LogP contribution in [0.2, 0.25) is 0 Å². The van der Waals surface area contributed by atoms with Crippen LogP contribution in [0.1, 0.15) is 16.7 Å². The molecule has 0 saturated heterocycles. The minimum atomic E-state index is 0.435. The Bertz CT molecular complexity index is 640. The molecule has 2 aromatic carbocycles. The summed E-state index contributed by atoms with van der Waals surface area (Å²) in [5.74, 6) is 0. The van der Waals surface area contributed by atoms with Crippen molar-refractivity contribution in [3.8, 4) is 0 Å². The maximum Gasteiger partial charge on any atom is 0.106 e. The van der Waals surface area contributed by atoms with Crippen LogP contribution < -0.4 is 10.6 Å². The van der Waals surface area contributed by atoms with Gasteiger partial charge in [0.1, 0.15) is 4.99 Å². The Hall–Kier alpha value is -1.39. The fraction of sp³-hybridized carbons (Fsp3) is 0.188. The van der Waals surface area contributed by atoms with Crippen LogP contribution in [0, 0.1) is 6.92 Å². The van der Waals surface area contributed by atoms with Gasteiger partial charge in [-0.15, -0.1) is 0 Å². The normalized spacial score (nSPS) is 10.3. The van der Waals surface area contributed by atoms with Crippen LogP contribution in [0.25, 0.3) is 0 Å². The fourth-order valence-electron chi connectivity index (χ4n) is 2.17. The van der Waals surface area contributed by atoms with E-state index < -0.39 is 0 Å². The molecule has 0 amide bonds. The number of aryl methyl sites for hydroxylation is 1. The minimum Gasteiger partial charge on any atom is -0.389 e. The van der Waals surface area contributed by atoms with E-state index in [9.17, 15) is 0 Å². The quantitative estimate of drug-likeness (QED) is 0.845. The Kier molecular flexibility index (Phi) is 4.78. The molecule has 0 atom stereocenters. The molecule has 104 valence electrons. The van der Waals surface area contributed by atoms with Crippen molar-refractivity contribution < 1.29 is 0 Å². The Balaban J connectivity index is 2.29. The first-order chi connectivity index (χ1) is 9.47. The average molecular weight is 349 g/mol. The van der Waals surface area contributed by atoms with E-state index in [1.54, 1.807) is 0 Å². The zero-order valence-corrected chi connectivity index (χ0v) is 14.0. The number of benzene rings is 2. The molecule has 0 aromatic heterocycles. The summed E-state index contributed by atoms with van der Waals surface area (Å²) < 4.78 is 1.09. The first kappa shape index (κ1) is 15.0. The van der Waals surface area contributed by atoms with Gasteiger partial charge in [-0.25, -0.2) is 0 Å². The topological polar surface area (TPSA) is 29.3 Å². The van der Waals surface area contributed by atoms with Gasteiger partial charge in [-0.3, -0.25) is 0 Å². The van der Waals surface area contributed by atoms with Crippen LogP contribution in [0.15, 0.2) is 46.9 Å². The van der Waals surface area contributed by atoms with Crippen LogP contribution in [0.3, 0.4) is 0 Å². The van der Waals surface area contributed by atoms with Gasteiger partial charge in [-0.1, -0.05) is 51.9 Å². The summed E-state index contributed by atoms with van der Waals surface area (Å²) in [6.07, 6.45) is 0. The molecule has 0 aliphatic heterocycles. The Labute approximate surface area is 133 Å². The van der Waals surface area contributed by atoms with E-state index in [1.807, 2.05) is 32.2 Å². The molecular formula is C16H17BrN2S. The van der Waals surface area contributed by atoms with E-state index in [-0.39, 0.29) is 0 Å². The highest BCUT2D eigenvalue weighted by Crippen LogP contribution is 2.23. The van der Waals surface area contributed by atoms with Gasteiger partial charge in [-0.05, 0) is 36.8 Å². The Morgan fingerprint density at radius 1 is 1.25 bits per heavy atom. The predicted octanol–water partition coefficient (Wildman–Crippen LogP) is 4.03.